The predicted molar refractivity (Wildman–Crippen MR) is 142 cm³/mol. The fourth-order valence-electron chi connectivity index (χ4n) is 4.49. The van der Waals surface area contributed by atoms with Crippen molar-refractivity contribution in [1.82, 2.24) is 0 Å². The molecule has 0 spiro atoms. The third-order valence-corrected chi connectivity index (χ3v) is 6.37. The molecule has 1 heterocycles. The van der Waals surface area contributed by atoms with Gasteiger partial charge < -0.3 is 14.9 Å². The van der Waals surface area contributed by atoms with Crippen LogP contribution in [0.3, 0.4) is 0 Å². The molecule has 2 N–H and O–H groups in total. The molecule has 5 rings (SSSR count). The monoisotopic (exact) mass is 491 g/mol. The fraction of sp³-hybridized carbons (Fsp3) is 0.0968. The predicted octanol–water partition coefficient (Wildman–Crippen LogP) is 6.37. The molecule has 37 heavy (non-hydrogen) atoms. The van der Waals surface area contributed by atoms with Gasteiger partial charge in [0.1, 0.15) is 23.0 Å². The Morgan fingerprint density at radius 2 is 1.51 bits per heavy atom. The van der Waals surface area contributed by atoms with Crippen LogP contribution in [0.2, 0.25) is 0 Å². The Bertz CT molecular complexity index is 1490. The zero-order valence-electron chi connectivity index (χ0n) is 20.2. The number of aliphatic hydroxyl groups is 1. The van der Waals surface area contributed by atoms with E-state index in [0.717, 1.165) is 12.0 Å². The average Bonchev–Trinajstić information content (AvgIpc) is 3.19. The minimum absolute atomic E-state index is 0.0608. The lowest BCUT2D eigenvalue weighted by Gasteiger charge is -2.26. The number of para-hydroxylation sites is 3. The van der Waals surface area contributed by atoms with Crippen LogP contribution in [-0.4, -0.2) is 21.9 Å². The number of aryl methyl sites for hydroxylation is 1. The van der Waals surface area contributed by atoms with Gasteiger partial charge in [-0.2, -0.15) is 0 Å². The summed E-state index contributed by atoms with van der Waals surface area (Å²) in [5.41, 5.74) is 2.16. The molecule has 0 bridgehead atoms. The molecule has 6 heteroatoms. The highest BCUT2D eigenvalue weighted by Gasteiger charge is 2.47. The van der Waals surface area contributed by atoms with Crippen molar-refractivity contribution in [3.8, 4) is 17.2 Å². The van der Waals surface area contributed by atoms with Gasteiger partial charge in [0.15, 0.2) is 0 Å². The lowest BCUT2D eigenvalue weighted by Crippen LogP contribution is -2.29. The Morgan fingerprint density at radius 3 is 2.22 bits per heavy atom. The summed E-state index contributed by atoms with van der Waals surface area (Å²) in [7, 11) is 0. The molecular formula is C31H25NO5. The number of carbonyl (C=O) groups excluding carboxylic acids is 2. The molecule has 1 aliphatic heterocycles. The number of anilines is 1. The third kappa shape index (κ3) is 4.57. The molecule has 6 nitrogen and oxygen atoms in total. The fourth-order valence-corrected chi connectivity index (χ4v) is 4.49. The molecular weight excluding hydrogens is 466 g/mol. The second kappa shape index (κ2) is 10.0. The van der Waals surface area contributed by atoms with Gasteiger partial charge in [0, 0.05) is 5.56 Å². The summed E-state index contributed by atoms with van der Waals surface area (Å²) >= 11 is 0. The molecule has 4 aromatic rings. The van der Waals surface area contributed by atoms with Crippen LogP contribution in [0.25, 0.3) is 5.76 Å². The second-order valence-corrected chi connectivity index (χ2v) is 8.70. The van der Waals surface area contributed by atoms with Crippen LogP contribution in [0.4, 0.5) is 5.69 Å². The number of phenolic OH excluding ortho intramolecular Hbond substituents is 1. The first-order chi connectivity index (χ1) is 18.0. The van der Waals surface area contributed by atoms with E-state index in [4.69, 9.17) is 4.74 Å². The van der Waals surface area contributed by atoms with E-state index in [1.54, 1.807) is 54.6 Å². The summed E-state index contributed by atoms with van der Waals surface area (Å²) in [5, 5.41) is 21.9. The maximum atomic E-state index is 13.4. The summed E-state index contributed by atoms with van der Waals surface area (Å²) in [6.07, 6.45) is 0.826. The largest absolute Gasteiger partial charge is 0.507 e. The van der Waals surface area contributed by atoms with Crippen LogP contribution in [-0.2, 0) is 16.0 Å². The van der Waals surface area contributed by atoms with E-state index in [9.17, 15) is 19.8 Å². The second-order valence-electron chi connectivity index (χ2n) is 8.70. The summed E-state index contributed by atoms with van der Waals surface area (Å²) in [6, 6.07) is 28.8. The van der Waals surface area contributed by atoms with Crippen LogP contribution in [0, 0.1) is 0 Å². The van der Waals surface area contributed by atoms with Crippen LogP contribution >= 0.6 is 0 Å². The molecule has 1 atom stereocenters. The molecule has 0 radical (unpaired) electrons. The minimum atomic E-state index is -0.988. The molecule has 4 aromatic carbocycles. The number of ether oxygens (including phenoxy) is 1. The number of ketones is 1. The number of nitrogens with zero attached hydrogens (tertiary/aromatic N) is 1. The number of rotatable bonds is 6. The van der Waals surface area contributed by atoms with Crippen molar-refractivity contribution in [1.29, 1.82) is 0 Å². The van der Waals surface area contributed by atoms with Gasteiger partial charge in [0.2, 0.25) is 0 Å². The molecule has 0 saturated carbocycles. The van der Waals surface area contributed by atoms with Gasteiger partial charge in [-0.3, -0.25) is 14.5 Å². The first kappa shape index (κ1) is 23.9. The lowest BCUT2D eigenvalue weighted by molar-refractivity contribution is -0.132. The number of benzene rings is 4. The van der Waals surface area contributed by atoms with Crippen molar-refractivity contribution in [2.75, 3.05) is 4.90 Å². The van der Waals surface area contributed by atoms with E-state index in [-0.39, 0.29) is 22.8 Å². The van der Waals surface area contributed by atoms with Gasteiger partial charge in [-0.1, -0.05) is 73.7 Å². The van der Waals surface area contributed by atoms with Crippen molar-refractivity contribution in [3.05, 3.63) is 125 Å². The quantitative estimate of drug-likeness (QED) is 0.186. The number of hydrogen-bond donors (Lipinski definition) is 2. The first-order valence-corrected chi connectivity index (χ1v) is 12.0. The Balaban J connectivity index is 1.67. The molecule has 1 amide bonds. The summed E-state index contributed by atoms with van der Waals surface area (Å²) in [5.74, 6) is -0.978. The number of amides is 1. The molecule has 0 aliphatic carbocycles. The smallest absolute Gasteiger partial charge is 0.300 e. The molecule has 0 aromatic heterocycles. The number of aliphatic hydroxyl groups excluding tert-OH is 1. The highest BCUT2D eigenvalue weighted by atomic mass is 16.5. The van der Waals surface area contributed by atoms with E-state index >= 15 is 0 Å². The summed E-state index contributed by atoms with van der Waals surface area (Å²) < 4.78 is 5.99. The molecule has 184 valence electrons. The van der Waals surface area contributed by atoms with Gasteiger partial charge in [0.25, 0.3) is 11.7 Å². The standard InChI is InChI=1S/C31H25NO5/c1-2-20-15-17-21(18-16-20)29(34)27-28(32(31(36)30(27)35)25-13-6-7-14-26(25)33)22-9-8-12-24(19-22)37-23-10-4-3-5-11-23/h3-19,28,33-34H,2H2,1H3/b29-27-. The van der Waals surface area contributed by atoms with Crippen molar-refractivity contribution < 1.29 is 24.5 Å². The van der Waals surface area contributed by atoms with Gasteiger partial charge >= 0.3 is 0 Å². The van der Waals surface area contributed by atoms with Crippen LogP contribution in [0.5, 0.6) is 17.2 Å². The van der Waals surface area contributed by atoms with E-state index < -0.39 is 17.7 Å². The zero-order chi connectivity index (χ0) is 25.9. The third-order valence-electron chi connectivity index (χ3n) is 6.37. The van der Waals surface area contributed by atoms with E-state index in [1.165, 1.54) is 11.0 Å². The highest BCUT2D eigenvalue weighted by molar-refractivity contribution is 6.51. The molecule has 1 saturated heterocycles. The molecule has 1 aliphatic rings. The Kier molecular flexibility index (Phi) is 6.47. The van der Waals surface area contributed by atoms with Gasteiger partial charge in [-0.15, -0.1) is 0 Å². The van der Waals surface area contributed by atoms with E-state index in [1.807, 2.05) is 49.4 Å². The minimum Gasteiger partial charge on any atom is -0.507 e. The first-order valence-electron chi connectivity index (χ1n) is 12.0. The maximum Gasteiger partial charge on any atom is 0.300 e. The van der Waals surface area contributed by atoms with E-state index in [2.05, 4.69) is 0 Å². The van der Waals surface area contributed by atoms with Crippen molar-refractivity contribution in [2.24, 2.45) is 0 Å². The summed E-state index contributed by atoms with van der Waals surface area (Å²) in [6.45, 7) is 2.03. The topological polar surface area (TPSA) is 87.1 Å². The average molecular weight is 492 g/mol. The van der Waals surface area contributed by atoms with Crippen LogP contribution in [0.1, 0.15) is 29.7 Å². The van der Waals surface area contributed by atoms with Crippen molar-refractivity contribution >= 4 is 23.1 Å². The number of carbonyl (C=O) groups is 2. The van der Waals surface area contributed by atoms with Crippen molar-refractivity contribution in [3.63, 3.8) is 0 Å². The number of phenols is 1. The van der Waals surface area contributed by atoms with Gasteiger partial charge in [0.05, 0.1) is 17.3 Å². The summed E-state index contributed by atoms with van der Waals surface area (Å²) in [4.78, 5) is 28.0. The lowest BCUT2D eigenvalue weighted by atomic mass is 9.94. The Morgan fingerprint density at radius 1 is 0.838 bits per heavy atom. The van der Waals surface area contributed by atoms with Crippen molar-refractivity contribution in [2.45, 2.75) is 19.4 Å². The Labute approximate surface area is 214 Å². The number of hydrogen-bond acceptors (Lipinski definition) is 5. The SMILES string of the molecule is CCc1ccc(/C(O)=C2/C(=O)C(=O)N(c3ccccc3O)C2c2cccc(Oc3ccccc3)c2)cc1. The molecule has 1 unspecified atom stereocenters. The van der Waals surface area contributed by atoms with Gasteiger partial charge in [-0.25, -0.2) is 0 Å². The highest BCUT2D eigenvalue weighted by Crippen LogP contribution is 2.45. The number of aromatic hydroxyl groups is 1. The maximum absolute atomic E-state index is 13.4. The van der Waals surface area contributed by atoms with E-state index in [0.29, 0.717) is 22.6 Å². The Hall–Kier alpha value is -4.84. The molecule has 1 fully saturated rings. The normalized spacial score (nSPS) is 16.7. The zero-order valence-corrected chi connectivity index (χ0v) is 20.2. The van der Waals surface area contributed by atoms with Crippen LogP contribution in [0.15, 0.2) is 109 Å². The van der Waals surface area contributed by atoms with Gasteiger partial charge in [-0.05, 0) is 53.9 Å². The number of Topliss-reactive ketones (excluding diaryl/α,β-unsaturated/α-hetero) is 1. The van der Waals surface area contributed by atoms with Crippen LogP contribution < -0.4 is 9.64 Å².